The van der Waals surface area contributed by atoms with E-state index in [2.05, 4.69) is 41.4 Å². The van der Waals surface area contributed by atoms with Crippen LogP contribution in [0.25, 0.3) is 0 Å². The predicted molar refractivity (Wildman–Crippen MR) is 112 cm³/mol. The van der Waals surface area contributed by atoms with Crippen LogP contribution in [0.3, 0.4) is 0 Å². The Balaban J connectivity index is 1.44. The monoisotopic (exact) mass is 419 g/mol. The van der Waals surface area contributed by atoms with E-state index < -0.39 is 0 Å². The predicted octanol–water partition coefficient (Wildman–Crippen LogP) is 3.38. The number of amides is 2. The molecule has 5 nitrogen and oxygen atoms in total. The molecule has 1 aliphatic heterocycles. The molecule has 0 aliphatic carbocycles. The van der Waals surface area contributed by atoms with E-state index in [1.165, 1.54) is 17.2 Å². The fourth-order valence-corrected chi connectivity index (χ4v) is 3.53. The molecular formula is C21H23Cl2N3O2. The summed E-state index contributed by atoms with van der Waals surface area (Å²) in [7, 11) is 0. The minimum Gasteiger partial charge on any atom is -0.343 e. The van der Waals surface area contributed by atoms with Gasteiger partial charge in [0, 0.05) is 38.3 Å². The molecule has 0 saturated carbocycles. The summed E-state index contributed by atoms with van der Waals surface area (Å²) >= 11 is 11.8. The molecule has 1 heterocycles. The Hall–Kier alpha value is -2.08. The van der Waals surface area contributed by atoms with Crippen LogP contribution in [0.1, 0.15) is 21.5 Å². The number of carbonyl (C=O) groups excluding carboxylic acids is 2. The molecule has 7 heteroatoms. The van der Waals surface area contributed by atoms with Crippen molar-refractivity contribution in [3.8, 4) is 0 Å². The molecule has 1 aliphatic rings. The fourth-order valence-electron chi connectivity index (χ4n) is 3.23. The van der Waals surface area contributed by atoms with Crippen molar-refractivity contribution in [3.05, 3.63) is 69.2 Å². The lowest BCUT2D eigenvalue weighted by Gasteiger charge is -2.34. The van der Waals surface area contributed by atoms with Crippen LogP contribution in [-0.2, 0) is 11.3 Å². The zero-order valence-electron chi connectivity index (χ0n) is 15.8. The first-order valence-corrected chi connectivity index (χ1v) is 9.97. The summed E-state index contributed by atoms with van der Waals surface area (Å²) in [5.74, 6) is -0.423. The normalized spacial score (nSPS) is 14.8. The molecule has 0 aromatic heterocycles. The first kappa shape index (κ1) is 20.6. The van der Waals surface area contributed by atoms with Gasteiger partial charge in [-0.1, -0.05) is 53.0 Å². The summed E-state index contributed by atoms with van der Waals surface area (Å²) in [5.41, 5.74) is 2.92. The third-order valence-corrected chi connectivity index (χ3v) is 5.53. The van der Waals surface area contributed by atoms with Gasteiger partial charge in [0.1, 0.15) is 0 Å². The minimum absolute atomic E-state index is 0.0308. The summed E-state index contributed by atoms with van der Waals surface area (Å²) in [6.07, 6.45) is 0. The van der Waals surface area contributed by atoms with Crippen LogP contribution in [0.2, 0.25) is 10.0 Å². The number of benzene rings is 2. The molecule has 1 fully saturated rings. The van der Waals surface area contributed by atoms with Crippen molar-refractivity contribution < 1.29 is 9.59 Å². The number of hydrogen-bond donors (Lipinski definition) is 1. The Morgan fingerprint density at radius 1 is 1.00 bits per heavy atom. The first-order chi connectivity index (χ1) is 13.4. The molecule has 148 valence electrons. The SMILES string of the molecule is Cc1cccc(CN2CCN(C(=O)CNC(=O)c3ccc(Cl)c(Cl)c3)CC2)c1. The van der Waals surface area contributed by atoms with E-state index in [-0.39, 0.29) is 18.4 Å². The van der Waals surface area contributed by atoms with Crippen LogP contribution in [0.4, 0.5) is 0 Å². The van der Waals surface area contributed by atoms with Crippen molar-refractivity contribution >= 4 is 35.0 Å². The van der Waals surface area contributed by atoms with E-state index in [1.54, 1.807) is 17.0 Å². The zero-order valence-corrected chi connectivity index (χ0v) is 17.3. The number of rotatable bonds is 5. The standard InChI is InChI=1S/C21H23Cl2N3O2/c1-15-3-2-4-16(11-15)14-25-7-9-26(10-8-25)20(27)13-24-21(28)17-5-6-18(22)19(23)12-17/h2-6,11-12H,7-10,13-14H2,1H3,(H,24,28). The van der Waals surface area contributed by atoms with Crippen molar-refractivity contribution in [2.24, 2.45) is 0 Å². The average molecular weight is 420 g/mol. The number of aryl methyl sites for hydroxylation is 1. The molecule has 28 heavy (non-hydrogen) atoms. The molecule has 2 aromatic carbocycles. The van der Waals surface area contributed by atoms with Gasteiger partial charge in [-0.25, -0.2) is 0 Å². The van der Waals surface area contributed by atoms with Gasteiger partial charge < -0.3 is 10.2 Å². The van der Waals surface area contributed by atoms with Crippen molar-refractivity contribution in [2.75, 3.05) is 32.7 Å². The zero-order chi connectivity index (χ0) is 20.1. The lowest BCUT2D eigenvalue weighted by atomic mass is 10.1. The number of halogens is 2. The summed E-state index contributed by atoms with van der Waals surface area (Å²) in [4.78, 5) is 28.7. The fraction of sp³-hybridized carbons (Fsp3) is 0.333. The molecule has 0 spiro atoms. The minimum atomic E-state index is -0.343. The topological polar surface area (TPSA) is 52.6 Å². The molecule has 0 radical (unpaired) electrons. The van der Waals surface area contributed by atoms with E-state index in [0.29, 0.717) is 28.7 Å². The highest BCUT2D eigenvalue weighted by Gasteiger charge is 2.21. The van der Waals surface area contributed by atoms with E-state index in [1.807, 2.05) is 0 Å². The molecule has 2 aromatic rings. The average Bonchev–Trinajstić information content (AvgIpc) is 2.68. The quantitative estimate of drug-likeness (QED) is 0.807. The van der Waals surface area contributed by atoms with E-state index >= 15 is 0 Å². The van der Waals surface area contributed by atoms with Crippen LogP contribution in [0.15, 0.2) is 42.5 Å². The Bertz CT molecular complexity index is 864. The maximum absolute atomic E-state index is 12.4. The van der Waals surface area contributed by atoms with Gasteiger partial charge in [-0.2, -0.15) is 0 Å². The highest BCUT2D eigenvalue weighted by molar-refractivity contribution is 6.42. The van der Waals surface area contributed by atoms with Gasteiger partial charge in [0.2, 0.25) is 5.91 Å². The molecule has 1 N–H and O–H groups in total. The number of carbonyl (C=O) groups is 2. The summed E-state index contributed by atoms with van der Waals surface area (Å²) in [6, 6.07) is 13.1. The number of piperazine rings is 1. The first-order valence-electron chi connectivity index (χ1n) is 9.21. The Morgan fingerprint density at radius 3 is 2.43 bits per heavy atom. The summed E-state index contributed by atoms with van der Waals surface area (Å²) in [6.45, 7) is 5.91. The van der Waals surface area contributed by atoms with Crippen molar-refractivity contribution in [1.29, 1.82) is 0 Å². The maximum Gasteiger partial charge on any atom is 0.251 e. The molecule has 1 saturated heterocycles. The third-order valence-electron chi connectivity index (χ3n) is 4.80. The Morgan fingerprint density at radius 2 is 1.75 bits per heavy atom. The lowest BCUT2D eigenvalue weighted by Crippen LogP contribution is -2.50. The van der Waals surface area contributed by atoms with Gasteiger partial charge in [-0.15, -0.1) is 0 Å². The molecular weight excluding hydrogens is 397 g/mol. The van der Waals surface area contributed by atoms with Gasteiger partial charge in [0.15, 0.2) is 0 Å². The highest BCUT2D eigenvalue weighted by Crippen LogP contribution is 2.22. The van der Waals surface area contributed by atoms with Crippen molar-refractivity contribution in [3.63, 3.8) is 0 Å². The molecule has 3 rings (SSSR count). The molecule has 0 unspecified atom stereocenters. The van der Waals surface area contributed by atoms with Crippen LogP contribution >= 0.6 is 23.2 Å². The van der Waals surface area contributed by atoms with E-state index in [0.717, 1.165) is 19.6 Å². The van der Waals surface area contributed by atoms with E-state index in [9.17, 15) is 9.59 Å². The van der Waals surface area contributed by atoms with Crippen molar-refractivity contribution in [1.82, 2.24) is 15.1 Å². The second-order valence-electron chi connectivity index (χ2n) is 6.96. The highest BCUT2D eigenvalue weighted by atomic mass is 35.5. The molecule has 2 amide bonds. The lowest BCUT2D eigenvalue weighted by molar-refractivity contribution is -0.131. The van der Waals surface area contributed by atoms with Gasteiger partial charge in [0.25, 0.3) is 5.91 Å². The summed E-state index contributed by atoms with van der Waals surface area (Å²) < 4.78 is 0. The third kappa shape index (κ3) is 5.47. The second-order valence-corrected chi connectivity index (χ2v) is 7.77. The van der Waals surface area contributed by atoms with Crippen molar-refractivity contribution in [2.45, 2.75) is 13.5 Å². The smallest absolute Gasteiger partial charge is 0.251 e. The van der Waals surface area contributed by atoms with Gasteiger partial charge in [-0.3, -0.25) is 14.5 Å². The second kappa shape index (κ2) is 9.41. The number of nitrogens with one attached hydrogen (secondary N) is 1. The largest absolute Gasteiger partial charge is 0.343 e. The Kier molecular flexibility index (Phi) is 6.94. The molecule has 0 bridgehead atoms. The van der Waals surface area contributed by atoms with Gasteiger partial charge >= 0.3 is 0 Å². The van der Waals surface area contributed by atoms with Gasteiger partial charge in [-0.05, 0) is 30.7 Å². The van der Waals surface area contributed by atoms with Crippen LogP contribution < -0.4 is 5.32 Å². The van der Waals surface area contributed by atoms with Gasteiger partial charge in [0.05, 0.1) is 16.6 Å². The molecule has 0 atom stereocenters. The van der Waals surface area contributed by atoms with Crippen LogP contribution in [0, 0.1) is 6.92 Å². The Labute approximate surface area is 175 Å². The number of hydrogen-bond acceptors (Lipinski definition) is 3. The maximum atomic E-state index is 12.4. The summed E-state index contributed by atoms with van der Waals surface area (Å²) in [5, 5.41) is 3.35. The van der Waals surface area contributed by atoms with E-state index in [4.69, 9.17) is 23.2 Å². The van der Waals surface area contributed by atoms with Crippen LogP contribution in [0.5, 0.6) is 0 Å². The number of nitrogens with zero attached hydrogens (tertiary/aromatic N) is 2. The van der Waals surface area contributed by atoms with Crippen LogP contribution in [-0.4, -0.2) is 54.3 Å².